The molecule has 6 nitrogen and oxygen atoms in total. The third kappa shape index (κ3) is 6.34. The van der Waals surface area contributed by atoms with E-state index in [4.69, 9.17) is 4.74 Å². The SMILES string of the molecule is CC(=O)NC(C(=O)NCCCN1CCOCC1)C(C)C. The highest BCUT2D eigenvalue weighted by Gasteiger charge is 2.22. The van der Waals surface area contributed by atoms with Crippen molar-refractivity contribution >= 4 is 11.8 Å². The molecule has 0 aromatic rings. The lowest BCUT2D eigenvalue weighted by Gasteiger charge is -2.26. The van der Waals surface area contributed by atoms with Crippen LogP contribution < -0.4 is 10.6 Å². The Hall–Kier alpha value is -1.14. The van der Waals surface area contributed by atoms with E-state index in [0.717, 1.165) is 39.3 Å². The molecule has 1 fully saturated rings. The van der Waals surface area contributed by atoms with Crippen molar-refractivity contribution in [1.29, 1.82) is 0 Å². The maximum atomic E-state index is 12.0. The number of morpholine rings is 1. The molecule has 1 aliphatic rings. The van der Waals surface area contributed by atoms with Crippen LogP contribution in [0.1, 0.15) is 27.2 Å². The van der Waals surface area contributed by atoms with Gasteiger partial charge in [-0.15, -0.1) is 0 Å². The number of amides is 2. The molecule has 116 valence electrons. The molecule has 0 bridgehead atoms. The minimum atomic E-state index is -0.448. The molecule has 2 amide bonds. The largest absolute Gasteiger partial charge is 0.379 e. The predicted molar refractivity (Wildman–Crippen MR) is 77.3 cm³/mol. The average Bonchev–Trinajstić information content (AvgIpc) is 2.41. The first-order chi connectivity index (χ1) is 9.50. The Morgan fingerprint density at radius 1 is 1.25 bits per heavy atom. The summed E-state index contributed by atoms with van der Waals surface area (Å²) >= 11 is 0. The van der Waals surface area contributed by atoms with E-state index in [1.165, 1.54) is 6.92 Å². The van der Waals surface area contributed by atoms with Gasteiger partial charge in [0, 0.05) is 26.6 Å². The number of carbonyl (C=O) groups is 2. The molecule has 0 radical (unpaired) electrons. The van der Waals surface area contributed by atoms with Crippen molar-refractivity contribution in [3.63, 3.8) is 0 Å². The van der Waals surface area contributed by atoms with Crippen LogP contribution in [0, 0.1) is 5.92 Å². The number of hydrogen-bond acceptors (Lipinski definition) is 4. The van der Waals surface area contributed by atoms with E-state index >= 15 is 0 Å². The topological polar surface area (TPSA) is 70.7 Å². The van der Waals surface area contributed by atoms with Gasteiger partial charge >= 0.3 is 0 Å². The first-order valence-electron chi connectivity index (χ1n) is 7.35. The molecule has 1 atom stereocenters. The summed E-state index contributed by atoms with van der Waals surface area (Å²) in [7, 11) is 0. The van der Waals surface area contributed by atoms with Gasteiger partial charge in [0.2, 0.25) is 11.8 Å². The summed E-state index contributed by atoms with van der Waals surface area (Å²) in [5.74, 6) is -0.192. The Labute approximate surface area is 121 Å². The zero-order valence-corrected chi connectivity index (χ0v) is 12.8. The van der Waals surface area contributed by atoms with E-state index in [0.29, 0.717) is 6.54 Å². The van der Waals surface area contributed by atoms with E-state index in [2.05, 4.69) is 15.5 Å². The molecule has 0 aromatic heterocycles. The van der Waals surface area contributed by atoms with E-state index in [-0.39, 0.29) is 17.7 Å². The summed E-state index contributed by atoms with van der Waals surface area (Å²) in [4.78, 5) is 25.4. The van der Waals surface area contributed by atoms with Crippen LogP contribution in [0.2, 0.25) is 0 Å². The summed E-state index contributed by atoms with van der Waals surface area (Å²) in [5.41, 5.74) is 0. The summed E-state index contributed by atoms with van der Waals surface area (Å²) < 4.78 is 5.29. The molecule has 2 N–H and O–H groups in total. The molecule has 0 spiro atoms. The average molecular weight is 285 g/mol. The van der Waals surface area contributed by atoms with Crippen LogP contribution in [0.3, 0.4) is 0 Å². The highest BCUT2D eigenvalue weighted by atomic mass is 16.5. The summed E-state index contributed by atoms with van der Waals surface area (Å²) in [5, 5.41) is 5.59. The summed E-state index contributed by atoms with van der Waals surface area (Å²) in [6.07, 6.45) is 0.913. The van der Waals surface area contributed by atoms with Gasteiger partial charge in [-0.25, -0.2) is 0 Å². The standard InChI is InChI=1S/C14H27N3O3/c1-11(2)13(16-12(3)18)14(19)15-5-4-6-17-7-9-20-10-8-17/h11,13H,4-10H2,1-3H3,(H,15,19)(H,16,18). The molecular weight excluding hydrogens is 258 g/mol. The highest BCUT2D eigenvalue weighted by molar-refractivity contribution is 5.86. The van der Waals surface area contributed by atoms with Crippen LogP contribution >= 0.6 is 0 Å². The van der Waals surface area contributed by atoms with Gasteiger partial charge in [-0.2, -0.15) is 0 Å². The zero-order chi connectivity index (χ0) is 15.0. The fourth-order valence-electron chi connectivity index (χ4n) is 2.20. The van der Waals surface area contributed by atoms with Crippen molar-refractivity contribution < 1.29 is 14.3 Å². The number of hydrogen-bond donors (Lipinski definition) is 2. The van der Waals surface area contributed by atoms with E-state index in [9.17, 15) is 9.59 Å². The van der Waals surface area contributed by atoms with Crippen LogP contribution in [0.5, 0.6) is 0 Å². The van der Waals surface area contributed by atoms with Crippen molar-refractivity contribution in [2.45, 2.75) is 33.2 Å². The Morgan fingerprint density at radius 3 is 2.45 bits per heavy atom. The lowest BCUT2D eigenvalue weighted by molar-refractivity contribution is -0.129. The van der Waals surface area contributed by atoms with Gasteiger partial charge in [-0.3, -0.25) is 14.5 Å². The maximum absolute atomic E-state index is 12.0. The van der Waals surface area contributed by atoms with Gasteiger partial charge < -0.3 is 15.4 Å². The maximum Gasteiger partial charge on any atom is 0.242 e. The first-order valence-corrected chi connectivity index (χ1v) is 7.35. The number of ether oxygens (including phenoxy) is 1. The van der Waals surface area contributed by atoms with Gasteiger partial charge in [-0.05, 0) is 18.9 Å². The molecule has 1 heterocycles. The second-order valence-corrected chi connectivity index (χ2v) is 5.52. The van der Waals surface area contributed by atoms with E-state index in [1.54, 1.807) is 0 Å². The molecule has 6 heteroatoms. The number of nitrogens with zero attached hydrogens (tertiary/aromatic N) is 1. The number of carbonyl (C=O) groups excluding carboxylic acids is 2. The molecule has 1 rings (SSSR count). The minimum absolute atomic E-state index is 0.0816. The van der Waals surface area contributed by atoms with Crippen LogP contribution in [0.15, 0.2) is 0 Å². The van der Waals surface area contributed by atoms with Crippen molar-refractivity contribution in [3.05, 3.63) is 0 Å². The van der Waals surface area contributed by atoms with Gasteiger partial charge in [-0.1, -0.05) is 13.8 Å². The van der Waals surface area contributed by atoms with Crippen molar-refractivity contribution in [2.24, 2.45) is 5.92 Å². The third-order valence-electron chi connectivity index (χ3n) is 3.36. The van der Waals surface area contributed by atoms with Gasteiger partial charge in [0.25, 0.3) is 0 Å². The lowest BCUT2D eigenvalue weighted by atomic mass is 10.0. The smallest absolute Gasteiger partial charge is 0.242 e. The van der Waals surface area contributed by atoms with Gasteiger partial charge in [0.05, 0.1) is 13.2 Å². The monoisotopic (exact) mass is 285 g/mol. The predicted octanol–water partition coefficient (Wildman–Crippen LogP) is -0.0144. The minimum Gasteiger partial charge on any atom is -0.379 e. The molecule has 1 unspecified atom stereocenters. The number of rotatable bonds is 7. The van der Waals surface area contributed by atoms with Gasteiger partial charge in [0.15, 0.2) is 0 Å². The lowest BCUT2D eigenvalue weighted by Crippen LogP contribution is -2.49. The molecule has 1 saturated heterocycles. The molecule has 0 aliphatic carbocycles. The molecular formula is C14H27N3O3. The Morgan fingerprint density at radius 2 is 1.90 bits per heavy atom. The molecule has 0 saturated carbocycles. The fourth-order valence-corrected chi connectivity index (χ4v) is 2.20. The Kier molecular flexibility index (Phi) is 7.54. The van der Waals surface area contributed by atoms with Gasteiger partial charge in [0.1, 0.15) is 6.04 Å². The van der Waals surface area contributed by atoms with Crippen LogP contribution in [-0.4, -0.2) is 62.1 Å². The van der Waals surface area contributed by atoms with Crippen LogP contribution in [0.25, 0.3) is 0 Å². The Balaban J connectivity index is 2.21. The molecule has 20 heavy (non-hydrogen) atoms. The highest BCUT2D eigenvalue weighted by Crippen LogP contribution is 2.02. The normalized spacial score (nSPS) is 17.8. The zero-order valence-electron chi connectivity index (χ0n) is 12.8. The van der Waals surface area contributed by atoms with Crippen molar-refractivity contribution in [1.82, 2.24) is 15.5 Å². The summed E-state index contributed by atoms with van der Waals surface area (Å²) in [6, 6.07) is -0.448. The van der Waals surface area contributed by atoms with E-state index in [1.807, 2.05) is 13.8 Å². The second kappa shape index (κ2) is 8.92. The Bertz CT molecular complexity index is 315. The number of nitrogens with one attached hydrogen (secondary N) is 2. The van der Waals surface area contributed by atoms with Crippen LogP contribution in [0.4, 0.5) is 0 Å². The van der Waals surface area contributed by atoms with E-state index < -0.39 is 6.04 Å². The van der Waals surface area contributed by atoms with Crippen LogP contribution in [-0.2, 0) is 14.3 Å². The second-order valence-electron chi connectivity index (χ2n) is 5.52. The first kappa shape index (κ1) is 16.9. The van der Waals surface area contributed by atoms with Crippen molar-refractivity contribution in [2.75, 3.05) is 39.4 Å². The fraction of sp³-hybridized carbons (Fsp3) is 0.857. The molecule has 1 aliphatic heterocycles. The third-order valence-corrected chi connectivity index (χ3v) is 3.36. The van der Waals surface area contributed by atoms with Crippen molar-refractivity contribution in [3.8, 4) is 0 Å². The molecule has 0 aromatic carbocycles. The quantitative estimate of drug-likeness (QED) is 0.645. The summed E-state index contributed by atoms with van der Waals surface area (Å²) in [6.45, 7) is 10.4.